The predicted molar refractivity (Wildman–Crippen MR) is 55.6 cm³/mol. The summed E-state index contributed by atoms with van der Waals surface area (Å²) < 4.78 is 2.97. The van der Waals surface area contributed by atoms with Gasteiger partial charge in [-0.1, -0.05) is 0 Å². The Balaban J connectivity index is 2.79. The largest absolute Gasteiger partial charge is 0.305 e. The lowest BCUT2D eigenvalue weighted by atomic mass is 10.3. The molecule has 2 rings (SSSR count). The number of imidazole rings is 1. The second-order valence-corrected chi connectivity index (χ2v) is 3.69. The summed E-state index contributed by atoms with van der Waals surface area (Å²) in [5, 5.41) is 0. The van der Waals surface area contributed by atoms with Gasteiger partial charge in [0.1, 0.15) is 11.3 Å². The fraction of sp³-hybridized carbons (Fsp3) is 0.100. The first-order valence-electron chi connectivity index (χ1n) is 3.82. The van der Waals surface area contributed by atoms with Gasteiger partial charge in [0.15, 0.2) is 0 Å². The van der Waals surface area contributed by atoms with Crippen LogP contribution in [0.3, 0.4) is 0 Å². The lowest BCUT2D eigenvalue weighted by Crippen LogP contribution is -1.85. The van der Waals surface area contributed by atoms with Crippen LogP contribution >= 0.6 is 15.9 Å². The summed E-state index contributed by atoms with van der Waals surface area (Å²) in [5.74, 6) is 2.51. The molecule has 3 heteroatoms. The normalized spacial score (nSPS) is 10.2. The minimum absolute atomic E-state index is 0.664. The Kier molecular flexibility index (Phi) is 1.86. The van der Waals surface area contributed by atoms with Gasteiger partial charge in [0.25, 0.3) is 0 Å². The molecule has 0 spiro atoms. The molecule has 2 aromatic heterocycles. The summed E-state index contributed by atoms with van der Waals surface area (Å²) in [5.41, 5.74) is 2.70. The van der Waals surface area contributed by atoms with Gasteiger partial charge in [-0.2, -0.15) is 0 Å². The van der Waals surface area contributed by atoms with Gasteiger partial charge in [0, 0.05) is 16.9 Å². The average molecular weight is 235 g/mol. The number of aromatic nitrogens is 2. The first-order chi connectivity index (χ1) is 6.20. The van der Waals surface area contributed by atoms with Crippen LogP contribution in [0.1, 0.15) is 11.3 Å². The molecule has 0 saturated heterocycles. The maximum Gasteiger partial charge on any atom is 0.138 e. The number of nitrogens with zero attached hydrogens (tertiary/aromatic N) is 2. The minimum Gasteiger partial charge on any atom is -0.305 e. The molecule has 0 aliphatic carbocycles. The zero-order valence-electron chi connectivity index (χ0n) is 7.08. The van der Waals surface area contributed by atoms with Crippen molar-refractivity contribution in [3.63, 3.8) is 0 Å². The van der Waals surface area contributed by atoms with E-state index in [2.05, 4.69) is 26.8 Å². The molecule has 0 aliphatic rings. The third kappa shape index (κ3) is 1.34. The monoisotopic (exact) mass is 234 g/mol. The molecular formula is C10H7BrN2. The van der Waals surface area contributed by atoms with E-state index in [1.165, 1.54) is 0 Å². The Bertz CT molecular complexity index is 466. The van der Waals surface area contributed by atoms with E-state index in [1.807, 2.05) is 29.8 Å². The van der Waals surface area contributed by atoms with Crippen molar-refractivity contribution in [2.45, 2.75) is 6.92 Å². The smallest absolute Gasteiger partial charge is 0.138 e. The van der Waals surface area contributed by atoms with E-state index < -0.39 is 0 Å². The van der Waals surface area contributed by atoms with Crippen LogP contribution in [0, 0.1) is 19.3 Å². The highest BCUT2D eigenvalue weighted by atomic mass is 79.9. The van der Waals surface area contributed by atoms with Crippen LogP contribution in [0.5, 0.6) is 0 Å². The lowest BCUT2D eigenvalue weighted by molar-refractivity contribution is 1.15. The van der Waals surface area contributed by atoms with Crippen LogP contribution in [0.2, 0.25) is 0 Å². The third-order valence-corrected chi connectivity index (χ3v) is 2.71. The summed E-state index contributed by atoms with van der Waals surface area (Å²) in [6.07, 6.45) is 9.04. The first-order valence-corrected chi connectivity index (χ1v) is 4.61. The summed E-state index contributed by atoms with van der Waals surface area (Å²) in [6, 6.07) is 1.99. The number of rotatable bonds is 0. The molecule has 64 valence electrons. The average Bonchev–Trinajstić information content (AvgIpc) is 2.48. The maximum atomic E-state index is 5.25. The molecule has 0 radical (unpaired) electrons. The molecule has 0 saturated carbocycles. The van der Waals surface area contributed by atoms with Crippen molar-refractivity contribution in [1.29, 1.82) is 0 Å². The van der Waals surface area contributed by atoms with Crippen molar-refractivity contribution in [3.05, 3.63) is 34.2 Å². The molecule has 0 N–H and O–H groups in total. The van der Waals surface area contributed by atoms with Crippen molar-refractivity contribution >= 4 is 21.6 Å². The zero-order chi connectivity index (χ0) is 9.42. The van der Waals surface area contributed by atoms with Gasteiger partial charge in [-0.3, -0.25) is 0 Å². The van der Waals surface area contributed by atoms with Gasteiger partial charge in [0.2, 0.25) is 0 Å². The molecular weight excluding hydrogens is 228 g/mol. The number of aryl methyl sites for hydroxylation is 1. The molecule has 0 atom stereocenters. The molecule has 2 aromatic rings. The lowest BCUT2D eigenvalue weighted by Gasteiger charge is -1.97. The van der Waals surface area contributed by atoms with E-state index in [0.29, 0.717) is 5.69 Å². The van der Waals surface area contributed by atoms with Crippen molar-refractivity contribution in [1.82, 2.24) is 9.38 Å². The van der Waals surface area contributed by atoms with Gasteiger partial charge in [-0.05, 0) is 40.4 Å². The van der Waals surface area contributed by atoms with Crippen LogP contribution in [0.15, 0.2) is 22.9 Å². The fourth-order valence-corrected chi connectivity index (χ4v) is 1.51. The highest BCUT2D eigenvalue weighted by Crippen LogP contribution is 2.17. The Morgan fingerprint density at radius 2 is 2.31 bits per heavy atom. The van der Waals surface area contributed by atoms with E-state index in [0.717, 1.165) is 15.7 Å². The van der Waals surface area contributed by atoms with E-state index in [4.69, 9.17) is 6.42 Å². The van der Waals surface area contributed by atoms with Crippen molar-refractivity contribution in [2.24, 2.45) is 0 Å². The molecule has 2 nitrogen and oxygen atoms in total. The fourth-order valence-electron chi connectivity index (χ4n) is 1.17. The molecule has 2 heterocycles. The van der Waals surface area contributed by atoms with E-state index in [9.17, 15) is 0 Å². The first kappa shape index (κ1) is 8.33. The number of hydrogen-bond acceptors (Lipinski definition) is 1. The summed E-state index contributed by atoms with van der Waals surface area (Å²) >= 11 is 3.45. The van der Waals surface area contributed by atoms with Crippen LogP contribution in [0.25, 0.3) is 5.65 Å². The second kappa shape index (κ2) is 2.90. The molecule has 0 unspecified atom stereocenters. The zero-order valence-corrected chi connectivity index (χ0v) is 8.67. The van der Waals surface area contributed by atoms with Gasteiger partial charge < -0.3 is 4.40 Å². The Hall–Kier alpha value is -1.27. The van der Waals surface area contributed by atoms with E-state index in [1.54, 1.807) is 0 Å². The highest BCUT2D eigenvalue weighted by Gasteiger charge is 2.01. The SMILES string of the molecule is C#Cc1cn2cc(Br)c(C)cc2n1. The van der Waals surface area contributed by atoms with Crippen molar-refractivity contribution in [2.75, 3.05) is 0 Å². The molecule has 0 aliphatic heterocycles. The number of pyridine rings is 1. The maximum absolute atomic E-state index is 5.25. The quantitative estimate of drug-likeness (QED) is 0.641. The Morgan fingerprint density at radius 1 is 1.54 bits per heavy atom. The molecule has 0 aromatic carbocycles. The van der Waals surface area contributed by atoms with Crippen LogP contribution in [0.4, 0.5) is 0 Å². The standard InChI is InChI=1S/C10H7BrN2/c1-3-8-5-13-6-9(11)7(2)4-10(13)12-8/h1,4-6H,2H3. The van der Waals surface area contributed by atoms with Crippen molar-refractivity contribution < 1.29 is 0 Å². The van der Waals surface area contributed by atoms with Gasteiger partial charge in [-0.25, -0.2) is 4.98 Å². The van der Waals surface area contributed by atoms with Gasteiger partial charge in [0.05, 0.1) is 0 Å². The Morgan fingerprint density at radius 3 is 3.00 bits per heavy atom. The predicted octanol–water partition coefficient (Wildman–Crippen LogP) is 2.39. The minimum atomic E-state index is 0.664. The number of hydrogen-bond donors (Lipinski definition) is 0. The third-order valence-electron chi connectivity index (χ3n) is 1.88. The van der Waals surface area contributed by atoms with Crippen LogP contribution in [-0.4, -0.2) is 9.38 Å². The Labute approximate surface area is 84.7 Å². The summed E-state index contributed by atoms with van der Waals surface area (Å²) in [4.78, 5) is 4.24. The molecule has 0 amide bonds. The van der Waals surface area contributed by atoms with Gasteiger partial charge >= 0.3 is 0 Å². The number of halogens is 1. The van der Waals surface area contributed by atoms with Crippen LogP contribution < -0.4 is 0 Å². The summed E-state index contributed by atoms with van der Waals surface area (Å²) in [7, 11) is 0. The molecule has 0 fully saturated rings. The van der Waals surface area contributed by atoms with Gasteiger partial charge in [-0.15, -0.1) is 6.42 Å². The number of fused-ring (bicyclic) bond motifs is 1. The number of terminal acetylenes is 1. The second-order valence-electron chi connectivity index (χ2n) is 2.84. The topological polar surface area (TPSA) is 17.3 Å². The van der Waals surface area contributed by atoms with Crippen LogP contribution in [-0.2, 0) is 0 Å². The molecule has 13 heavy (non-hydrogen) atoms. The van der Waals surface area contributed by atoms with E-state index in [-0.39, 0.29) is 0 Å². The molecule has 0 bridgehead atoms. The van der Waals surface area contributed by atoms with Crippen molar-refractivity contribution in [3.8, 4) is 12.3 Å². The highest BCUT2D eigenvalue weighted by molar-refractivity contribution is 9.10. The van der Waals surface area contributed by atoms with E-state index >= 15 is 0 Å². The summed E-state index contributed by atoms with van der Waals surface area (Å²) in [6.45, 7) is 2.02.